The summed E-state index contributed by atoms with van der Waals surface area (Å²) in [6, 6.07) is 4.78. The highest BCUT2D eigenvalue weighted by Gasteiger charge is 2.47. The normalized spacial score (nSPS) is 12.4. The minimum atomic E-state index is -5.37. The molecule has 0 radical (unpaired) electrons. The van der Waals surface area contributed by atoms with E-state index in [0.717, 1.165) is 6.07 Å². The summed E-state index contributed by atoms with van der Waals surface area (Å²) in [4.78, 5) is -0.810. The molecule has 0 saturated heterocycles. The first kappa shape index (κ1) is 14.8. The topological polar surface area (TPSA) is 66.4 Å². The lowest BCUT2D eigenvalue weighted by molar-refractivity contribution is -0.0435. The second-order valence-corrected chi connectivity index (χ2v) is 5.36. The van der Waals surface area contributed by atoms with Crippen molar-refractivity contribution in [1.29, 1.82) is 0 Å². The van der Waals surface area contributed by atoms with Crippen molar-refractivity contribution in [3.05, 3.63) is 24.3 Å². The summed E-state index contributed by atoms with van der Waals surface area (Å²) in [5, 5.41) is 11.1. The molecule has 4 nitrogen and oxygen atoms in total. The van der Waals surface area contributed by atoms with Crippen LogP contribution in [0.15, 0.2) is 29.2 Å². The maximum absolute atomic E-state index is 12.4. The molecule has 1 rings (SSSR count). The summed E-state index contributed by atoms with van der Waals surface area (Å²) in [5.74, 6) is 0. The first-order chi connectivity index (χ1) is 8.30. The Morgan fingerprint density at radius 1 is 1.22 bits per heavy atom. The number of alkyl halides is 3. The number of aliphatic hydroxyl groups excluding tert-OH is 1. The smallest absolute Gasteiger partial charge is 0.396 e. The van der Waals surface area contributed by atoms with Crippen LogP contribution < -0.4 is 5.32 Å². The lowest BCUT2D eigenvalue weighted by Gasteiger charge is -2.13. The second kappa shape index (κ2) is 5.57. The molecule has 0 fully saturated rings. The third-order valence-corrected chi connectivity index (χ3v) is 3.68. The average molecular weight is 283 g/mol. The van der Waals surface area contributed by atoms with Crippen molar-refractivity contribution in [2.45, 2.75) is 16.8 Å². The standard InChI is InChI=1S/C10H12F3NO3S/c11-10(12,13)18(16,17)9-5-2-1-4-8(9)14-6-3-7-15/h1-2,4-5,14-15H,3,6-7H2. The third-order valence-electron chi connectivity index (χ3n) is 2.13. The molecule has 1 aromatic carbocycles. The largest absolute Gasteiger partial charge is 0.501 e. The molecule has 18 heavy (non-hydrogen) atoms. The highest BCUT2D eigenvalue weighted by atomic mass is 32.2. The fourth-order valence-electron chi connectivity index (χ4n) is 1.27. The van der Waals surface area contributed by atoms with E-state index in [0.29, 0.717) is 6.42 Å². The van der Waals surface area contributed by atoms with E-state index >= 15 is 0 Å². The van der Waals surface area contributed by atoms with E-state index in [1.807, 2.05) is 0 Å². The number of hydrogen-bond donors (Lipinski definition) is 2. The fourth-order valence-corrected chi connectivity index (χ4v) is 2.21. The zero-order chi connectivity index (χ0) is 13.8. The molecule has 102 valence electrons. The quantitative estimate of drug-likeness (QED) is 0.808. The number of hydrogen-bond acceptors (Lipinski definition) is 4. The summed E-state index contributed by atoms with van der Waals surface area (Å²) in [6.45, 7) is 0.0437. The molecule has 0 amide bonds. The van der Waals surface area contributed by atoms with Crippen LogP contribution in [0.25, 0.3) is 0 Å². The van der Waals surface area contributed by atoms with Crippen molar-refractivity contribution in [2.24, 2.45) is 0 Å². The van der Waals surface area contributed by atoms with Crippen molar-refractivity contribution in [3.8, 4) is 0 Å². The van der Waals surface area contributed by atoms with Crippen LogP contribution in [-0.2, 0) is 9.84 Å². The van der Waals surface area contributed by atoms with Gasteiger partial charge >= 0.3 is 5.51 Å². The molecule has 8 heteroatoms. The Hall–Kier alpha value is -1.28. The highest BCUT2D eigenvalue weighted by molar-refractivity contribution is 7.92. The Kier molecular flexibility index (Phi) is 4.58. The van der Waals surface area contributed by atoms with Gasteiger partial charge in [0.25, 0.3) is 9.84 Å². The number of anilines is 1. The average Bonchev–Trinajstić information content (AvgIpc) is 2.28. The van der Waals surface area contributed by atoms with Crippen molar-refractivity contribution >= 4 is 15.5 Å². The van der Waals surface area contributed by atoms with Gasteiger partial charge in [-0.25, -0.2) is 8.42 Å². The van der Waals surface area contributed by atoms with Crippen LogP contribution in [-0.4, -0.2) is 32.2 Å². The predicted octanol–water partition coefficient (Wildman–Crippen LogP) is 1.77. The fraction of sp³-hybridized carbons (Fsp3) is 0.400. The molecule has 0 spiro atoms. The van der Waals surface area contributed by atoms with Gasteiger partial charge < -0.3 is 10.4 Å². The maximum Gasteiger partial charge on any atom is 0.501 e. The summed E-state index contributed by atoms with van der Waals surface area (Å²) < 4.78 is 59.9. The Morgan fingerprint density at radius 3 is 2.39 bits per heavy atom. The minimum Gasteiger partial charge on any atom is -0.396 e. The van der Waals surface area contributed by atoms with Gasteiger partial charge in [-0.05, 0) is 18.6 Å². The third kappa shape index (κ3) is 3.14. The first-order valence-corrected chi connectivity index (χ1v) is 6.54. The van der Waals surface area contributed by atoms with Crippen molar-refractivity contribution in [3.63, 3.8) is 0 Å². The summed E-state index contributed by atoms with van der Waals surface area (Å²) in [7, 11) is -5.37. The van der Waals surface area contributed by atoms with Crippen LogP contribution in [0, 0.1) is 0 Å². The Balaban J connectivity index is 3.10. The van der Waals surface area contributed by atoms with Gasteiger partial charge in [-0.15, -0.1) is 0 Å². The van der Waals surface area contributed by atoms with E-state index in [9.17, 15) is 21.6 Å². The molecular weight excluding hydrogens is 271 g/mol. The lowest BCUT2D eigenvalue weighted by Crippen LogP contribution is -2.24. The van der Waals surface area contributed by atoms with Crippen molar-refractivity contribution in [1.82, 2.24) is 0 Å². The van der Waals surface area contributed by atoms with E-state index < -0.39 is 20.2 Å². The Morgan fingerprint density at radius 2 is 1.83 bits per heavy atom. The van der Waals surface area contributed by atoms with Crippen molar-refractivity contribution in [2.75, 3.05) is 18.5 Å². The molecule has 2 N–H and O–H groups in total. The molecule has 0 atom stereocenters. The molecule has 0 aliphatic rings. The minimum absolute atomic E-state index is 0.122. The van der Waals surface area contributed by atoms with E-state index in [1.165, 1.54) is 18.2 Å². The van der Waals surface area contributed by atoms with Gasteiger partial charge in [0.15, 0.2) is 0 Å². The number of aliphatic hydroxyl groups is 1. The SMILES string of the molecule is O=S(=O)(c1ccccc1NCCCO)C(F)(F)F. The predicted molar refractivity (Wildman–Crippen MR) is 59.9 cm³/mol. The van der Waals surface area contributed by atoms with Crippen LogP contribution >= 0.6 is 0 Å². The van der Waals surface area contributed by atoms with Crippen LogP contribution in [0.5, 0.6) is 0 Å². The van der Waals surface area contributed by atoms with Gasteiger partial charge in [0.05, 0.1) is 10.6 Å². The number of sulfone groups is 1. The molecule has 0 aromatic heterocycles. The number of para-hydroxylation sites is 1. The van der Waals surface area contributed by atoms with Crippen LogP contribution in [0.4, 0.5) is 18.9 Å². The number of benzene rings is 1. The van der Waals surface area contributed by atoms with Crippen LogP contribution in [0.3, 0.4) is 0 Å². The summed E-state index contributed by atoms with van der Waals surface area (Å²) in [5.41, 5.74) is -5.45. The zero-order valence-corrected chi connectivity index (χ0v) is 10.1. The van der Waals surface area contributed by atoms with Crippen LogP contribution in [0.2, 0.25) is 0 Å². The van der Waals surface area contributed by atoms with Gasteiger partial charge in [-0.3, -0.25) is 0 Å². The Labute approximate surface area is 102 Å². The second-order valence-electron chi connectivity index (χ2n) is 3.45. The van der Waals surface area contributed by atoms with E-state index in [4.69, 9.17) is 5.11 Å². The molecule has 0 aliphatic carbocycles. The van der Waals surface area contributed by atoms with Gasteiger partial charge in [0.1, 0.15) is 0 Å². The van der Waals surface area contributed by atoms with Crippen LogP contribution in [0.1, 0.15) is 6.42 Å². The van der Waals surface area contributed by atoms with Gasteiger partial charge in [-0.2, -0.15) is 13.2 Å². The molecule has 0 aliphatic heterocycles. The lowest BCUT2D eigenvalue weighted by atomic mass is 10.3. The van der Waals surface area contributed by atoms with Gasteiger partial charge in [0.2, 0.25) is 0 Å². The van der Waals surface area contributed by atoms with E-state index in [1.54, 1.807) is 0 Å². The Bertz CT molecular complexity index is 499. The highest BCUT2D eigenvalue weighted by Crippen LogP contribution is 2.34. The molecule has 0 bridgehead atoms. The summed E-state index contributed by atoms with van der Waals surface area (Å²) in [6.07, 6.45) is 0.306. The van der Waals surface area contributed by atoms with Crippen molar-refractivity contribution < 1.29 is 26.7 Å². The molecule has 1 aromatic rings. The van der Waals surface area contributed by atoms with Gasteiger partial charge in [-0.1, -0.05) is 12.1 Å². The maximum atomic E-state index is 12.4. The molecule has 0 saturated carbocycles. The number of nitrogens with one attached hydrogen (secondary N) is 1. The summed E-state index contributed by atoms with van der Waals surface area (Å²) >= 11 is 0. The monoisotopic (exact) mass is 283 g/mol. The molecule has 0 unspecified atom stereocenters. The number of halogens is 3. The first-order valence-electron chi connectivity index (χ1n) is 5.06. The molecule has 0 heterocycles. The zero-order valence-electron chi connectivity index (χ0n) is 9.24. The number of rotatable bonds is 5. The van der Waals surface area contributed by atoms with Gasteiger partial charge in [0, 0.05) is 13.2 Å². The van der Waals surface area contributed by atoms with E-state index in [2.05, 4.69) is 5.32 Å². The molecular formula is C10H12F3NO3S. The van der Waals surface area contributed by atoms with E-state index in [-0.39, 0.29) is 18.8 Å².